The van der Waals surface area contributed by atoms with Crippen molar-refractivity contribution in [3.05, 3.63) is 99.1 Å². The summed E-state index contributed by atoms with van der Waals surface area (Å²) < 4.78 is 0. The van der Waals surface area contributed by atoms with Crippen LogP contribution in [0.25, 0.3) is 0 Å². The number of ketones is 1. The summed E-state index contributed by atoms with van der Waals surface area (Å²) in [6.45, 7) is 12.2. The fraction of sp³-hybridized carbons (Fsp3) is 0.357. The lowest BCUT2D eigenvalue weighted by Gasteiger charge is -2.38. The fourth-order valence-electron chi connectivity index (χ4n) is 4.59. The number of non-ortho nitro benzene ring substituents is 1. The first-order chi connectivity index (χ1) is 15.8. The number of carbonyl (C=O) groups is 1. The SMILES string of the molecule is CC(C)(C)C1=CC2(C=C(C(C)(C)C)C1=O)ON=C(c1ccc([N+](=O)[O-])cc1)C2c1ccccc1. The molecule has 1 aliphatic carbocycles. The van der Waals surface area contributed by atoms with Crippen LogP contribution in [0.1, 0.15) is 58.6 Å². The summed E-state index contributed by atoms with van der Waals surface area (Å²) in [7, 11) is 0. The van der Waals surface area contributed by atoms with Gasteiger partial charge in [0, 0.05) is 28.8 Å². The summed E-state index contributed by atoms with van der Waals surface area (Å²) in [5.41, 5.74) is 2.03. The van der Waals surface area contributed by atoms with Crippen molar-refractivity contribution >= 4 is 17.2 Å². The number of carbonyl (C=O) groups excluding carboxylic acids is 1. The van der Waals surface area contributed by atoms with Crippen LogP contribution in [0.5, 0.6) is 0 Å². The van der Waals surface area contributed by atoms with E-state index in [2.05, 4.69) is 5.16 Å². The second-order valence-corrected chi connectivity index (χ2v) is 11.0. The van der Waals surface area contributed by atoms with Gasteiger partial charge in [-0.2, -0.15) is 0 Å². The molecule has 6 heteroatoms. The number of benzene rings is 2. The average molecular weight is 459 g/mol. The number of allylic oxidation sites excluding steroid dienone is 2. The minimum atomic E-state index is -0.988. The zero-order valence-corrected chi connectivity index (χ0v) is 20.5. The van der Waals surface area contributed by atoms with Crippen LogP contribution in [0.3, 0.4) is 0 Å². The molecule has 0 bridgehead atoms. The smallest absolute Gasteiger partial charge is 0.269 e. The van der Waals surface area contributed by atoms with Crippen molar-refractivity contribution in [2.45, 2.75) is 53.1 Å². The Labute approximate surface area is 200 Å². The summed E-state index contributed by atoms with van der Waals surface area (Å²) in [6, 6.07) is 16.3. The number of nitro benzene ring substituents is 1. The number of nitro groups is 1. The maximum Gasteiger partial charge on any atom is 0.269 e. The van der Waals surface area contributed by atoms with Gasteiger partial charge in [0.15, 0.2) is 11.4 Å². The molecule has 0 saturated carbocycles. The third kappa shape index (κ3) is 4.09. The van der Waals surface area contributed by atoms with Crippen molar-refractivity contribution in [3.63, 3.8) is 0 Å². The second kappa shape index (κ2) is 8.05. The van der Waals surface area contributed by atoms with Gasteiger partial charge in [0.1, 0.15) is 0 Å². The van der Waals surface area contributed by atoms with Crippen LogP contribution in [0.15, 0.2) is 83.1 Å². The standard InChI is InChI=1S/C28H30N2O4/c1-26(2,3)21-16-28(17-22(25(21)31)27(4,5)6)23(18-10-8-7-9-11-18)24(29-34-28)19-12-14-20(15-13-19)30(32)33/h7-17,23H,1-6H3. The second-order valence-electron chi connectivity index (χ2n) is 11.0. The van der Waals surface area contributed by atoms with E-state index in [0.717, 1.165) is 11.1 Å². The topological polar surface area (TPSA) is 81.8 Å². The van der Waals surface area contributed by atoms with Crippen LogP contribution in [0, 0.1) is 20.9 Å². The normalized spacial score (nSPS) is 19.9. The summed E-state index contributed by atoms with van der Waals surface area (Å²) >= 11 is 0. The Balaban J connectivity index is 1.94. The first-order valence-electron chi connectivity index (χ1n) is 11.4. The van der Waals surface area contributed by atoms with E-state index in [9.17, 15) is 14.9 Å². The maximum absolute atomic E-state index is 13.6. The fourth-order valence-corrected chi connectivity index (χ4v) is 4.59. The van der Waals surface area contributed by atoms with Gasteiger partial charge in [-0.3, -0.25) is 14.9 Å². The molecule has 1 spiro atoms. The number of hydrogen-bond donors (Lipinski definition) is 0. The molecular weight excluding hydrogens is 428 g/mol. The van der Waals surface area contributed by atoms with E-state index in [1.54, 1.807) is 12.1 Å². The van der Waals surface area contributed by atoms with Crippen molar-refractivity contribution in [1.82, 2.24) is 0 Å². The Morgan fingerprint density at radius 1 is 0.882 bits per heavy atom. The van der Waals surface area contributed by atoms with Gasteiger partial charge in [-0.05, 0) is 40.7 Å². The molecule has 0 N–H and O–H groups in total. The van der Waals surface area contributed by atoms with Gasteiger partial charge in [0.25, 0.3) is 5.69 Å². The lowest BCUT2D eigenvalue weighted by Crippen LogP contribution is -2.41. The molecular formula is C28H30N2O4. The Morgan fingerprint density at radius 3 is 1.88 bits per heavy atom. The summed E-state index contributed by atoms with van der Waals surface area (Å²) in [5.74, 6) is -0.303. The molecule has 0 radical (unpaired) electrons. The minimum absolute atomic E-state index is 0.0160. The number of rotatable bonds is 3. The Morgan fingerprint density at radius 2 is 1.41 bits per heavy atom. The van der Waals surface area contributed by atoms with Crippen molar-refractivity contribution in [3.8, 4) is 0 Å². The summed E-state index contributed by atoms with van der Waals surface area (Å²) in [4.78, 5) is 30.5. The molecule has 4 rings (SSSR count). The van der Waals surface area contributed by atoms with Crippen LogP contribution in [0.2, 0.25) is 0 Å². The molecule has 2 aromatic carbocycles. The Bertz CT molecular complexity index is 1190. The van der Waals surface area contributed by atoms with Gasteiger partial charge in [0.05, 0.1) is 16.6 Å². The van der Waals surface area contributed by atoms with Crippen molar-refractivity contribution in [2.75, 3.05) is 0 Å². The van der Waals surface area contributed by atoms with Gasteiger partial charge in [-0.25, -0.2) is 0 Å². The zero-order valence-electron chi connectivity index (χ0n) is 20.5. The minimum Gasteiger partial charge on any atom is -0.379 e. The largest absolute Gasteiger partial charge is 0.379 e. The van der Waals surface area contributed by atoms with E-state index in [-0.39, 0.29) is 17.4 Å². The molecule has 1 unspecified atom stereocenters. The van der Waals surface area contributed by atoms with Crippen molar-refractivity contribution in [1.29, 1.82) is 0 Å². The van der Waals surface area contributed by atoms with E-state index < -0.39 is 21.4 Å². The summed E-state index contributed by atoms with van der Waals surface area (Å²) in [5, 5.41) is 15.7. The van der Waals surface area contributed by atoms with E-state index >= 15 is 0 Å². The van der Waals surface area contributed by atoms with Gasteiger partial charge in [-0.15, -0.1) is 0 Å². The molecule has 0 aromatic heterocycles. The van der Waals surface area contributed by atoms with E-state index in [1.807, 2.05) is 84.0 Å². The molecule has 0 amide bonds. The predicted molar refractivity (Wildman–Crippen MR) is 133 cm³/mol. The molecule has 0 fully saturated rings. The highest BCUT2D eigenvalue weighted by atomic mass is 16.7. The Hall–Kier alpha value is -3.54. The number of hydrogen-bond acceptors (Lipinski definition) is 5. The van der Waals surface area contributed by atoms with Crippen LogP contribution < -0.4 is 0 Å². The third-order valence-corrected chi connectivity index (χ3v) is 6.38. The molecule has 0 saturated heterocycles. The predicted octanol–water partition coefficient (Wildman–Crippen LogP) is 6.38. The van der Waals surface area contributed by atoms with E-state index in [0.29, 0.717) is 16.9 Å². The summed E-state index contributed by atoms with van der Waals surface area (Å²) in [6.07, 6.45) is 3.87. The lowest BCUT2D eigenvalue weighted by molar-refractivity contribution is -0.384. The molecule has 1 atom stereocenters. The van der Waals surface area contributed by atoms with Gasteiger partial charge < -0.3 is 4.84 Å². The molecule has 176 valence electrons. The number of Topliss-reactive ketones (excluding diaryl/α,β-unsaturated/α-hetero) is 1. The van der Waals surface area contributed by atoms with Crippen LogP contribution in [-0.4, -0.2) is 22.0 Å². The van der Waals surface area contributed by atoms with Gasteiger partial charge in [0.2, 0.25) is 0 Å². The van der Waals surface area contributed by atoms with Crippen LogP contribution in [0.4, 0.5) is 5.69 Å². The van der Waals surface area contributed by atoms with E-state index in [4.69, 9.17) is 4.84 Å². The van der Waals surface area contributed by atoms with Gasteiger partial charge >= 0.3 is 0 Å². The highest BCUT2D eigenvalue weighted by molar-refractivity contribution is 6.13. The van der Waals surface area contributed by atoms with Crippen molar-refractivity contribution < 1.29 is 14.6 Å². The highest BCUT2D eigenvalue weighted by Crippen LogP contribution is 2.49. The first kappa shape index (κ1) is 23.6. The molecule has 1 heterocycles. The molecule has 2 aliphatic rings. The molecule has 34 heavy (non-hydrogen) atoms. The number of nitrogens with zero attached hydrogens (tertiary/aromatic N) is 2. The molecule has 6 nitrogen and oxygen atoms in total. The van der Waals surface area contributed by atoms with Crippen molar-refractivity contribution in [2.24, 2.45) is 16.0 Å². The first-order valence-corrected chi connectivity index (χ1v) is 11.4. The third-order valence-electron chi connectivity index (χ3n) is 6.38. The average Bonchev–Trinajstić information content (AvgIpc) is 3.13. The van der Waals surface area contributed by atoms with E-state index in [1.165, 1.54) is 12.1 Å². The number of oxime groups is 1. The monoisotopic (exact) mass is 458 g/mol. The zero-order chi connectivity index (χ0) is 24.9. The molecule has 1 aliphatic heterocycles. The Kier molecular flexibility index (Phi) is 5.59. The highest BCUT2D eigenvalue weighted by Gasteiger charge is 2.52. The van der Waals surface area contributed by atoms with Crippen LogP contribution in [-0.2, 0) is 9.63 Å². The quantitative estimate of drug-likeness (QED) is 0.395. The van der Waals surface area contributed by atoms with Crippen LogP contribution >= 0.6 is 0 Å². The lowest BCUT2D eigenvalue weighted by atomic mass is 9.65. The maximum atomic E-state index is 13.6. The molecule has 2 aromatic rings. The van der Waals surface area contributed by atoms with Gasteiger partial charge in [-0.1, -0.05) is 77.0 Å².